The maximum Gasteiger partial charge on any atom is 0.127 e. The zero-order valence-electron chi connectivity index (χ0n) is 8.19. The summed E-state index contributed by atoms with van der Waals surface area (Å²) in [6, 6.07) is 3.84. The molecule has 2 atom stereocenters. The van der Waals surface area contributed by atoms with Gasteiger partial charge < -0.3 is 5.32 Å². The minimum atomic E-state index is -0.943. The van der Waals surface area contributed by atoms with Crippen molar-refractivity contribution in [1.82, 2.24) is 10.3 Å². The van der Waals surface area contributed by atoms with Gasteiger partial charge in [-0.1, -0.05) is 0 Å². The zero-order valence-corrected chi connectivity index (χ0v) is 9.01. The van der Waals surface area contributed by atoms with Crippen molar-refractivity contribution in [2.75, 3.05) is 13.1 Å². The van der Waals surface area contributed by atoms with Gasteiger partial charge in [0.15, 0.2) is 0 Å². The first-order valence-corrected chi connectivity index (χ1v) is 6.02. The lowest BCUT2D eigenvalue weighted by molar-refractivity contribution is 0.669. The molecule has 2 rings (SSSR count). The summed E-state index contributed by atoms with van der Waals surface area (Å²) in [7, 11) is -0.943. The molecule has 0 aliphatic carbocycles. The number of pyridine rings is 1. The van der Waals surface area contributed by atoms with Crippen LogP contribution in [0.15, 0.2) is 23.4 Å². The van der Waals surface area contributed by atoms with E-state index < -0.39 is 10.8 Å². The van der Waals surface area contributed by atoms with Crippen LogP contribution in [0.5, 0.6) is 0 Å². The van der Waals surface area contributed by atoms with E-state index in [1.165, 1.54) is 0 Å². The third-order valence-electron chi connectivity index (χ3n) is 2.41. The molecule has 2 heterocycles. The Kier molecular flexibility index (Phi) is 2.93. The molecular weight excluding hydrogens is 196 g/mol. The highest BCUT2D eigenvalue weighted by molar-refractivity contribution is 7.85. The van der Waals surface area contributed by atoms with Crippen molar-refractivity contribution in [2.24, 2.45) is 0 Å². The summed E-state index contributed by atoms with van der Waals surface area (Å²) in [6.07, 6.45) is 2.72. The summed E-state index contributed by atoms with van der Waals surface area (Å²) in [5.74, 6) is 0. The molecule has 0 aromatic carbocycles. The molecule has 0 radical (unpaired) electrons. The van der Waals surface area contributed by atoms with Gasteiger partial charge in [0.25, 0.3) is 0 Å². The molecule has 1 fully saturated rings. The predicted octanol–water partition coefficient (Wildman–Crippen LogP) is 0.860. The van der Waals surface area contributed by atoms with Crippen LogP contribution in [0.25, 0.3) is 0 Å². The molecule has 76 valence electrons. The average molecular weight is 210 g/mol. The SMILES string of the molecule is Cc1ccnc([S@@](=O)[C@@H]2CCNC2)c1. The van der Waals surface area contributed by atoms with Gasteiger partial charge in [-0.25, -0.2) is 4.98 Å². The first-order valence-electron chi connectivity index (χ1n) is 4.81. The summed E-state index contributed by atoms with van der Waals surface area (Å²) >= 11 is 0. The van der Waals surface area contributed by atoms with Gasteiger partial charge in [-0.2, -0.15) is 0 Å². The number of hydrogen-bond acceptors (Lipinski definition) is 3. The fourth-order valence-corrected chi connectivity index (χ4v) is 3.01. The quantitative estimate of drug-likeness (QED) is 0.787. The Bertz CT molecular complexity index is 348. The van der Waals surface area contributed by atoms with Gasteiger partial charge in [-0.15, -0.1) is 0 Å². The molecule has 0 spiro atoms. The summed E-state index contributed by atoms with van der Waals surface area (Å²) in [5, 5.41) is 4.18. The van der Waals surface area contributed by atoms with E-state index in [1.807, 2.05) is 19.1 Å². The second-order valence-corrected chi connectivity index (χ2v) is 5.26. The minimum Gasteiger partial charge on any atom is -0.315 e. The average Bonchev–Trinajstić information content (AvgIpc) is 2.69. The van der Waals surface area contributed by atoms with E-state index in [0.717, 1.165) is 30.1 Å². The van der Waals surface area contributed by atoms with Crippen LogP contribution in [0.2, 0.25) is 0 Å². The van der Waals surface area contributed by atoms with Crippen molar-refractivity contribution in [3.63, 3.8) is 0 Å². The standard InChI is InChI=1S/C10H14N2OS/c1-8-2-5-12-10(6-8)14(13)9-3-4-11-7-9/h2,5-6,9,11H,3-4,7H2,1H3/t9-,14+/m1/s1. The highest BCUT2D eigenvalue weighted by Gasteiger charge is 2.22. The highest BCUT2D eigenvalue weighted by Crippen LogP contribution is 2.14. The van der Waals surface area contributed by atoms with Gasteiger partial charge in [-0.05, 0) is 37.6 Å². The van der Waals surface area contributed by atoms with Crippen molar-refractivity contribution < 1.29 is 4.21 Å². The molecular formula is C10H14N2OS. The Balaban J connectivity index is 2.17. The second kappa shape index (κ2) is 4.19. The largest absolute Gasteiger partial charge is 0.315 e. The predicted molar refractivity (Wildman–Crippen MR) is 56.7 cm³/mol. The minimum absolute atomic E-state index is 0.240. The van der Waals surface area contributed by atoms with Crippen LogP contribution < -0.4 is 5.32 Å². The van der Waals surface area contributed by atoms with E-state index in [2.05, 4.69) is 10.3 Å². The maximum absolute atomic E-state index is 12.0. The third kappa shape index (κ3) is 2.01. The summed E-state index contributed by atoms with van der Waals surface area (Å²) < 4.78 is 12.0. The van der Waals surface area contributed by atoms with E-state index in [4.69, 9.17) is 0 Å². The number of aromatic nitrogens is 1. The lowest BCUT2D eigenvalue weighted by atomic mass is 10.3. The van der Waals surface area contributed by atoms with Gasteiger partial charge in [0, 0.05) is 12.7 Å². The summed E-state index contributed by atoms with van der Waals surface area (Å²) in [6.45, 7) is 3.82. The Morgan fingerprint density at radius 1 is 1.64 bits per heavy atom. The smallest absolute Gasteiger partial charge is 0.127 e. The zero-order chi connectivity index (χ0) is 9.97. The van der Waals surface area contributed by atoms with Gasteiger partial charge in [-0.3, -0.25) is 4.21 Å². The number of hydrogen-bond donors (Lipinski definition) is 1. The number of nitrogens with one attached hydrogen (secondary N) is 1. The first kappa shape index (κ1) is 9.80. The molecule has 0 unspecified atom stereocenters. The van der Waals surface area contributed by atoms with Gasteiger partial charge >= 0.3 is 0 Å². The molecule has 0 bridgehead atoms. The van der Waals surface area contributed by atoms with E-state index in [1.54, 1.807) is 6.20 Å². The number of rotatable bonds is 2. The van der Waals surface area contributed by atoms with Crippen LogP contribution in [-0.4, -0.2) is 27.5 Å². The monoisotopic (exact) mass is 210 g/mol. The Hall–Kier alpha value is -0.740. The maximum atomic E-state index is 12.0. The van der Waals surface area contributed by atoms with Gasteiger partial charge in [0.1, 0.15) is 5.03 Å². The molecule has 3 nitrogen and oxygen atoms in total. The van der Waals surface area contributed by atoms with E-state index >= 15 is 0 Å². The topological polar surface area (TPSA) is 42.0 Å². The lowest BCUT2D eigenvalue weighted by Crippen LogP contribution is -2.19. The molecule has 0 saturated carbocycles. The highest BCUT2D eigenvalue weighted by atomic mass is 32.2. The van der Waals surface area contributed by atoms with Crippen LogP contribution >= 0.6 is 0 Å². The van der Waals surface area contributed by atoms with Crippen LogP contribution in [0.1, 0.15) is 12.0 Å². The van der Waals surface area contributed by atoms with Crippen LogP contribution in [0.4, 0.5) is 0 Å². The van der Waals surface area contributed by atoms with Crippen molar-refractivity contribution in [3.8, 4) is 0 Å². The fourth-order valence-electron chi connectivity index (χ4n) is 1.60. The molecule has 1 aromatic rings. The second-order valence-electron chi connectivity index (χ2n) is 3.58. The molecule has 1 N–H and O–H groups in total. The molecule has 1 aliphatic rings. The van der Waals surface area contributed by atoms with E-state index in [-0.39, 0.29) is 5.25 Å². The Morgan fingerprint density at radius 3 is 3.14 bits per heavy atom. The summed E-state index contributed by atoms with van der Waals surface area (Å²) in [4.78, 5) is 4.16. The van der Waals surface area contributed by atoms with Crippen LogP contribution in [0, 0.1) is 6.92 Å². The number of nitrogens with zero attached hydrogens (tertiary/aromatic N) is 1. The molecule has 1 aliphatic heterocycles. The molecule has 4 heteroatoms. The molecule has 1 aromatic heterocycles. The van der Waals surface area contributed by atoms with Crippen molar-refractivity contribution >= 4 is 10.8 Å². The van der Waals surface area contributed by atoms with Crippen molar-refractivity contribution in [2.45, 2.75) is 23.6 Å². The van der Waals surface area contributed by atoms with Gasteiger partial charge in [0.2, 0.25) is 0 Å². The fraction of sp³-hybridized carbons (Fsp3) is 0.500. The molecule has 0 amide bonds. The van der Waals surface area contributed by atoms with E-state index in [9.17, 15) is 4.21 Å². The normalized spacial score (nSPS) is 23.6. The van der Waals surface area contributed by atoms with Crippen molar-refractivity contribution in [1.29, 1.82) is 0 Å². The Labute approximate surface area is 86.4 Å². The lowest BCUT2D eigenvalue weighted by Gasteiger charge is -2.07. The van der Waals surface area contributed by atoms with Crippen LogP contribution in [0.3, 0.4) is 0 Å². The number of aryl methyl sites for hydroxylation is 1. The Morgan fingerprint density at radius 2 is 2.50 bits per heavy atom. The molecule has 1 saturated heterocycles. The molecule has 14 heavy (non-hydrogen) atoms. The summed E-state index contributed by atoms with van der Waals surface area (Å²) in [5.41, 5.74) is 1.12. The third-order valence-corrected chi connectivity index (χ3v) is 4.06. The van der Waals surface area contributed by atoms with E-state index in [0.29, 0.717) is 0 Å². The van der Waals surface area contributed by atoms with Gasteiger partial charge in [0.05, 0.1) is 16.0 Å². The van der Waals surface area contributed by atoms with Crippen LogP contribution in [-0.2, 0) is 10.8 Å². The first-order chi connectivity index (χ1) is 6.77. The van der Waals surface area contributed by atoms with Crippen molar-refractivity contribution in [3.05, 3.63) is 23.9 Å².